The van der Waals surface area contributed by atoms with Crippen molar-refractivity contribution in [3.8, 4) is 0 Å². The Morgan fingerprint density at radius 3 is 2.94 bits per heavy atom. The molecule has 16 heavy (non-hydrogen) atoms. The van der Waals surface area contributed by atoms with Crippen LogP contribution < -0.4 is 5.32 Å². The number of esters is 1. The Hall–Kier alpha value is -1.42. The Morgan fingerprint density at radius 1 is 1.56 bits per heavy atom. The predicted molar refractivity (Wildman–Crippen MR) is 59.6 cm³/mol. The van der Waals surface area contributed by atoms with Crippen molar-refractivity contribution in [2.24, 2.45) is 0 Å². The van der Waals surface area contributed by atoms with Crippen molar-refractivity contribution >= 4 is 5.97 Å². The highest BCUT2D eigenvalue weighted by Gasteiger charge is 2.06. The van der Waals surface area contributed by atoms with E-state index in [1.165, 1.54) is 19.2 Å². The molecule has 0 heterocycles. The molecule has 0 aromatic heterocycles. The molecule has 1 atom stereocenters. The number of carbonyl (C=O) groups excluding carboxylic acids is 1. The third kappa shape index (κ3) is 4.40. The molecule has 0 saturated carbocycles. The molecule has 1 unspecified atom stereocenters. The Balaban J connectivity index is 2.39. The summed E-state index contributed by atoms with van der Waals surface area (Å²) in [5.74, 6) is -0.538. The molecule has 0 aliphatic heterocycles. The summed E-state index contributed by atoms with van der Waals surface area (Å²) in [4.78, 5) is 10.9. The number of hydrogen-bond acceptors (Lipinski definition) is 3. The van der Waals surface area contributed by atoms with Gasteiger partial charge in [-0.2, -0.15) is 0 Å². The molecule has 0 saturated heterocycles. The lowest BCUT2D eigenvalue weighted by molar-refractivity contribution is -0.139. The fourth-order valence-electron chi connectivity index (χ4n) is 1.42. The lowest BCUT2D eigenvalue weighted by Crippen LogP contribution is -2.33. The highest BCUT2D eigenvalue weighted by atomic mass is 19.1. The van der Waals surface area contributed by atoms with Crippen molar-refractivity contribution < 1.29 is 13.9 Å². The van der Waals surface area contributed by atoms with Crippen LogP contribution in [0.25, 0.3) is 0 Å². The second kappa shape index (κ2) is 6.23. The van der Waals surface area contributed by atoms with E-state index >= 15 is 0 Å². The fraction of sp³-hybridized carbons (Fsp3) is 0.417. The quantitative estimate of drug-likeness (QED) is 0.772. The highest BCUT2D eigenvalue weighted by molar-refractivity contribution is 5.71. The monoisotopic (exact) mass is 225 g/mol. The van der Waals surface area contributed by atoms with Crippen LogP contribution in [0.4, 0.5) is 4.39 Å². The van der Waals surface area contributed by atoms with Gasteiger partial charge in [-0.05, 0) is 31.0 Å². The first-order chi connectivity index (χ1) is 7.61. The number of nitrogens with one attached hydrogen (secondary N) is 1. The van der Waals surface area contributed by atoms with Crippen LogP contribution in [0.3, 0.4) is 0 Å². The summed E-state index contributed by atoms with van der Waals surface area (Å²) >= 11 is 0. The molecule has 0 bridgehead atoms. The van der Waals surface area contributed by atoms with E-state index in [1.807, 2.05) is 13.0 Å². The SMILES string of the molecule is COC(=O)CNC(C)Cc1cccc(F)c1. The average molecular weight is 225 g/mol. The molecule has 0 spiro atoms. The first kappa shape index (κ1) is 12.6. The lowest BCUT2D eigenvalue weighted by Gasteiger charge is -2.12. The number of ether oxygens (including phenoxy) is 1. The maximum Gasteiger partial charge on any atom is 0.319 e. The number of benzene rings is 1. The number of hydrogen-bond donors (Lipinski definition) is 1. The first-order valence-electron chi connectivity index (χ1n) is 5.16. The number of halogens is 1. The van der Waals surface area contributed by atoms with Gasteiger partial charge in [0.05, 0.1) is 13.7 Å². The van der Waals surface area contributed by atoms with E-state index in [4.69, 9.17) is 0 Å². The van der Waals surface area contributed by atoms with Crippen molar-refractivity contribution in [3.05, 3.63) is 35.6 Å². The zero-order valence-electron chi connectivity index (χ0n) is 9.50. The normalized spacial score (nSPS) is 12.2. The van der Waals surface area contributed by atoms with Crippen molar-refractivity contribution in [1.29, 1.82) is 0 Å². The van der Waals surface area contributed by atoms with E-state index in [0.717, 1.165) is 5.56 Å². The molecule has 0 radical (unpaired) electrons. The van der Waals surface area contributed by atoms with Gasteiger partial charge in [0.1, 0.15) is 5.82 Å². The van der Waals surface area contributed by atoms with Crippen molar-refractivity contribution in [1.82, 2.24) is 5.32 Å². The van der Waals surface area contributed by atoms with E-state index in [2.05, 4.69) is 10.1 Å². The fourth-order valence-corrected chi connectivity index (χ4v) is 1.42. The zero-order valence-corrected chi connectivity index (χ0v) is 9.50. The van der Waals surface area contributed by atoms with Crippen molar-refractivity contribution in [2.75, 3.05) is 13.7 Å². The van der Waals surface area contributed by atoms with Gasteiger partial charge in [0, 0.05) is 6.04 Å². The molecule has 1 N–H and O–H groups in total. The van der Waals surface area contributed by atoms with E-state index in [9.17, 15) is 9.18 Å². The van der Waals surface area contributed by atoms with E-state index < -0.39 is 0 Å². The molecule has 0 aliphatic carbocycles. The Labute approximate surface area is 94.6 Å². The van der Waals surface area contributed by atoms with Crippen LogP contribution in [-0.2, 0) is 16.0 Å². The lowest BCUT2D eigenvalue weighted by atomic mass is 10.1. The molecule has 4 heteroatoms. The zero-order chi connectivity index (χ0) is 12.0. The van der Waals surface area contributed by atoms with Gasteiger partial charge in [-0.15, -0.1) is 0 Å². The predicted octanol–water partition coefficient (Wildman–Crippen LogP) is 1.52. The molecule has 0 fully saturated rings. The minimum absolute atomic E-state index is 0.0981. The van der Waals surface area contributed by atoms with Gasteiger partial charge >= 0.3 is 5.97 Å². The van der Waals surface area contributed by atoms with Gasteiger partial charge in [-0.1, -0.05) is 12.1 Å². The van der Waals surface area contributed by atoms with Gasteiger partial charge < -0.3 is 10.1 Å². The molecule has 1 aromatic carbocycles. The first-order valence-corrected chi connectivity index (χ1v) is 5.16. The molecular formula is C12H16FNO2. The molecule has 0 aliphatic rings. The van der Waals surface area contributed by atoms with E-state index in [-0.39, 0.29) is 24.4 Å². The smallest absolute Gasteiger partial charge is 0.319 e. The van der Waals surface area contributed by atoms with Gasteiger partial charge in [-0.25, -0.2) is 4.39 Å². The third-order valence-electron chi connectivity index (χ3n) is 2.25. The number of carbonyl (C=O) groups is 1. The van der Waals surface area contributed by atoms with Crippen LogP contribution in [-0.4, -0.2) is 25.7 Å². The summed E-state index contributed by atoms with van der Waals surface area (Å²) in [7, 11) is 1.35. The van der Waals surface area contributed by atoms with E-state index in [1.54, 1.807) is 6.07 Å². The second-order valence-electron chi connectivity index (χ2n) is 3.69. The summed E-state index contributed by atoms with van der Waals surface area (Å²) in [6.45, 7) is 2.11. The Kier molecular flexibility index (Phi) is 4.92. The van der Waals surface area contributed by atoms with Gasteiger partial charge in [0.15, 0.2) is 0 Å². The molecule has 3 nitrogen and oxygen atoms in total. The molecule has 88 valence electrons. The minimum atomic E-state index is -0.300. The Morgan fingerprint density at radius 2 is 2.31 bits per heavy atom. The maximum absolute atomic E-state index is 12.9. The summed E-state index contributed by atoms with van der Waals surface area (Å²) in [6, 6.07) is 6.55. The average Bonchev–Trinajstić information content (AvgIpc) is 2.26. The Bertz CT molecular complexity index is 355. The summed E-state index contributed by atoms with van der Waals surface area (Å²) in [5, 5.41) is 3.00. The van der Waals surface area contributed by atoms with Gasteiger partial charge in [0.2, 0.25) is 0 Å². The minimum Gasteiger partial charge on any atom is -0.468 e. The standard InChI is InChI=1S/C12H16FNO2/c1-9(14-8-12(15)16-2)6-10-4-3-5-11(13)7-10/h3-5,7,9,14H,6,8H2,1-2H3. The molecule has 1 aromatic rings. The van der Waals surface area contributed by atoms with Crippen LogP contribution >= 0.6 is 0 Å². The molecule has 1 rings (SSSR count). The number of rotatable bonds is 5. The highest BCUT2D eigenvalue weighted by Crippen LogP contribution is 2.06. The number of methoxy groups -OCH3 is 1. The van der Waals surface area contributed by atoms with Crippen molar-refractivity contribution in [3.63, 3.8) is 0 Å². The largest absolute Gasteiger partial charge is 0.468 e. The van der Waals surface area contributed by atoms with E-state index in [0.29, 0.717) is 6.42 Å². The van der Waals surface area contributed by atoms with Crippen LogP contribution in [0.15, 0.2) is 24.3 Å². The summed E-state index contributed by atoms with van der Waals surface area (Å²) < 4.78 is 17.4. The van der Waals surface area contributed by atoms with Crippen LogP contribution in [0.5, 0.6) is 0 Å². The molecule has 0 amide bonds. The maximum atomic E-state index is 12.9. The van der Waals surface area contributed by atoms with Crippen LogP contribution in [0, 0.1) is 5.82 Å². The summed E-state index contributed by atoms with van der Waals surface area (Å²) in [5.41, 5.74) is 0.907. The van der Waals surface area contributed by atoms with Crippen LogP contribution in [0.1, 0.15) is 12.5 Å². The summed E-state index contributed by atoms with van der Waals surface area (Å²) in [6.07, 6.45) is 0.675. The van der Waals surface area contributed by atoms with Crippen molar-refractivity contribution in [2.45, 2.75) is 19.4 Å². The second-order valence-corrected chi connectivity index (χ2v) is 3.69. The molecular weight excluding hydrogens is 209 g/mol. The van der Waals surface area contributed by atoms with Gasteiger partial charge in [0.25, 0.3) is 0 Å². The third-order valence-corrected chi connectivity index (χ3v) is 2.25. The topological polar surface area (TPSA) is 38.3 Å². The van der Waals surface area contributed by atoms with Gasteiger partial charge in [-0.3, -0.25) is 4.79 Å². The van der Waals surface area contributed by atoms with Crippen LogP contribution in [0.2, 0.25) is 0 Å².